The van der Waals surface area contributed by atoms with Crippen molar-refractivity contribution in [2.45, 2.75) is 10.6 Å². The molecule has 8 heteroatoms. The van der Waals surface area contributed by atoms with Crippen LogP contribution in [0.4, 0.5) is 11.5 Å². The lowest BCUT2D eigenvalue weighted by Gasteiger charge is -2.12. The molecule has 0 aliphatic carbocycles. The Kier molecular flexibility index (Phi) is 5.73. The second kappa shape index (κ2) is 8.61. The lowest BCUT2D eigenvalue weighted by molar-refractivity contribution is 0.356. The van der Waals surface area contributed by atoms with Crippen molar-refractivity contribution in [1.82, 2.24) is 9.97 Å². The van der Waals surface area contributed by atoms with Gasteiger partial charge in [0.05, 0.1) is 30.4 Å². The van der Waals surface area contributed by atoms with E-state index in [0.717, 1.165) is 10.9 Å². The van der Waals surface area contributed by atoms with E-state index in [1.807, 2.05) is 18.2 Å². The van der Waals surface area contributed by atoms with E-state index in [0.29, 0.717) is 28.5 Å². The molecule has 4 aromatic rings. The maximum absolute atomic E-state index is 12.7. The minimum Gasteiger partial charge on any atom is -0.493 e. The van der Waals surface area contributed by atoms with Crippen LogP contribution >= 0.6 is 0 Å². The van der Waals surface area contributed by atoms with Gasteiger partial charge >= 0.3 is 0 Å². The lowest BCUT2D eigenvalue weighted by Crippen LogP contribution is -2.05. The van der Waals surface area contributed by atoms with Crippen molar-refractivity contribution in [2.75, 3.05) is 19.5 Å². The Morgan fingerprint density at radius 1 is 0.871 bits per heavy atom. The van der Waals surface area contributed by atoms with E-state index >= 15 is 0 Å². The molecule has 1 N–H and O–H groups in total. The predicted octanol–water partition coefficient (Wildman–Crippen LogP) is 4.36. The van der Waals surface area contributed by atoms with E-state index in [-0.39, 0.29) is 10.6 Å². The van der Waals surface area contributed by atoms with Gasteiger partial charge in [0.1, 0.15) is 12.1 Å². The van der Waals surface area contributed by atoms with Crippen LogP contribution in [0.3, 0.4) is 0 Å². The zero-order valence-electron chi connectivity index (χ0n) is 17.1. The van der Waals surface area contributed by atoms with Crippen LogP contribution in [0, 0.1) is 0 Å². The average molecular weight is 436 g/mol. The summed E-state index contributed by atoms with van der Waals surface area (Å²) in [6.07, 6.45) is 1.45. The van der Waals surface area contributed by atoms with Crippen molar-refractivity contribution >= 4 is 32.2 Å². The van der Waals surface area contributed by atoms with Gasteiger partial charge < -0.3 is 14.8 Å². The van der Waals surface area contributed by atoms with Gasteiger partial charge in [0.15, 0.2) is 21.3 Å². The third-order valence-electron chi connectivity index (χ3n) is 4.82. The fourth-order valence-electron chi connectivity index (χ4n) is 3.24. The molecule has 0 unspecified atom stereocenters. The fourth-order valence-corrected chi connectivity index (χ4v) is 4.59. The first kappa shape index (κ1) is 20.6. The molecule has 0 atom stereocenters. The number of rotatable bonds is 7. The zero-order chi connectivity index (χ0) is 21.8. The van der Waals surface area contributed by atoms with Gasteiger partial charge in [-0.2, -0.15) is 0 Å². The maximum atomic E-state index is 12.7. The molecule has 1 heterocycles. The second-order valence-corrected chi connectivity index (χ2v) is 8.83. The number of aromatic nitrogens is 2. The molecule has 31 heavy (non-hydrogen) atoms. The molecule has 0 aliphatic rings. The summed E-state index contributed by atoms with van der Waals surface area (Å²) in [5.41, 5.74) is 2.15. The highest BCUT2D eigenvalue weighted by atomic mass is 32.2. The van der Waals surface area contributed by atoms with Crippen LogP contribution in [0.25, 0.3) is 10.9 Å². The van der Waals surface area contributed by atoms with Crippen LogP contribution in [0.1, 0.15) is 5.56 Å². The standard InChI is InChI=1S/C23H21N3O4S/c1-29-21-12-19-20(13-22(21)30-2)24-15-25-23(19)26-17-8-10-18(11-9-17)31(27,28)14-16-6-4-3-5-7-16/h3-13,15H,14H2,1-2H3,(H,24,25,26). The molecule has 0 saturated carbocycles. The Balaban J connectivity index is 1.60. The van der Waals surface area contributed by atoms with Gasteiger partial charge in [0, 0.05) is 17.1 Å². The molecular weight excluding hydrogens is 414 g/mol. The lowest BCUT2D eigenvalue weighted by atomic mass is 10.2. The molecular formula is C23H21N3O4S. The number of benzene rings is 3. The van der Waals surface area contributed by atoms with Crippen LogP contribution in [-0.4, -0.2) is 32.6 Å². The summed E-state index contributed by atoms with van der Waals surface area (Å²) in [6.45, 7) is 0. The number of hydrogen-bond donors (Lipinski definition) is 1. The van der Waals surface area contributed by atoms with Gasteiger partial charge in [-0.25, -0.2) is 18.4 Å². The average Bonchev–Trinajstić information content (AvgIpc) is 2.79. The van der Waals surface area contributed by atoms with Gasteiger partial charge in [0.2, 0.25) is 0 Å². The number of nitrogens with zero attached hydrogens (tertiary/aromatic N) is 2. The van der Waals surface area contributed by atoms with Crippen molar-refractivity contribution in [3.05, 3.63) is 78.6 Å². The smallest absolute Gasteiger partial charge is 0.182 e. The zero-order valence-corrected chi connectivity index (χ0v) is 17.9. The van der Waals surface area contributed by atoms with E-state index in [1.54, 1.807) is 62.8 Å². The first-order valence-corrected chi connectivity index (χ1v) is 11.2. The molecule has 0 radical (unpaired) electrons. The summed E-state index contributed by atoms with van der Waals surface area (Å²) in [6, 6.07) is 19.3. The number of fused-ring (bicyclic) bond motifs is 1. The Hall–Kier alpha value is -3.65. The van der Waals surface area contributed by atoms with E-state index < -0.39 is 9.84 Å². The molecule has 0 fully saturated rings. The highest BCUT2D eigenvalue weighted by Crippen LogP contribution is 2.34. The molecule has 0 aliphatic heterocycles. The molecule has 0 bridgehead atoms. The van der Waals surface area contributed by atoms with Crippen molar-refractivity contribution < 1.29 is 17.9 Å². The Morgan fingerprint density at radius 3 is 2.23 bits per heavy atom. The SMILES string of the molecule is COc1cc2ncnc(Nc3ccc(S(=O)(=O)Cc4ccccc4)cc3)c2cc1OC. The molecule has 7 nitrogen and oxygen atoms in total. The molecule has 0 saturated heterocycles. The Morgan fingerprint density at radius 2 is 1.55 bits per heavy atom. The monoisotopic (exact) mass is 435 g/mol. The van der Waals surface area contributed by atoms with Gasteiger partial charge in [-0.15, -0.1) is 0 Å². The van der Waals surface area contributed by atoms with Crippen LogP contribution in [0.5, 0.6) is 11.5 Å². The Bertz CT molecular complexity index is 1310. The highest BCUT2D eigenvalue weighted by Gasteiger charge is 2.16. The molecule has 0 spiro atoms. The number of hydrogen-bond acceptors (Lipinski definition) is 7. The molecule has 3 aromatic carbocycles. The summed E-state index contributed by atoms with van der Waals surface area (Å²) in [4.78, 5) is 8.88. The summed E-state index contributed by atoms with van der Waals surface area (Å²) in [7, 11) is -0.307. The highest BCUT2D eigenvalue weighted by molar-refractivity contribution is 7.90. The van der Waals surface area contributed by atoms with Crippen molar-refractivity contribution in [1.29, 1.82) is 0 Å². The maximum Gasteiger partial charge on any atom is 0.182 e. The van der Waals surface area contributed by atoms with Gasteiger partial charge in [0.25, 0.3) is 0 Å². The molecule has 1 aromatic heterocycles. The normalized spacial score (nSPS) is 11.3. The number of sulfone groups is 1. The van der Waals surface area contributed by atoms with Crippen molar-refractivity contribution in [3.8, 4) is 11.5 Å². The van der Waals surface area contributed by atoms with Gasteiger partial charge in [-0.3, -0.25) is 0 Å². The summed E-state index contributed by atoms with van der Waals surface area (Å²) < 4.78 is 36.1. The van der Waals surface area contributed by atoms with Crippen LogP contribution in [-0.2, 0) is 15.6 Å². The van der Waals surface area contributed by atoms with E-state index in [2.05, 4.69) is 15.3 Å². The van der Waals surface area contributed by atoms with Crippen LogP contribution in [0.2, 0.25) is 0 Å². The van der Waals surface area contributed by atoms with Gasteiger partial charge in [-0.1, -0.05) is 30.3 Å². The molecule has 158 valence electrons. The largest absolute Gasteiger partial charge is 0.493 e. The first-order chi connectivity index (χ1) is 15.0. The van der Waals surface area contributed by atoms with Crippen molar-refractivity contribution in [2.24, 2.45) is 0 Å². The number of methoxy groups -OCH3 is 2. The summed E-state index contributed by atoms with van der Waals surface area (Å²) in [5, 5.41) is 3.97. The third kappa shape index (κ3) is 4.44. The third-order valence-corrected chi connectivity index (χ3v) is 6.52. The minimum absolute atomic E-state index is 0.0429. The van der Waals surface area contributed by atoms with Gasteiger partial charge in [-0.05, 0) is 35.9 Å². The van der Waals surface area contributed by atoms with E-state index in [4.69, 9.17) is 9.47 Å². The predicted molar refractivity (Wildman–Crippen MR) is 120 cm³/mol. The van der Waals surface area contributed by atoms with Crippen molar-refractivity contribution in [3.63, 3.8) is 0 Å². The number of anilines is 2. The Labute approximate surface area is 180 Å². The number of nitrogens with one attached hydrogen (secondary N) is 1. The van der Waals surface area contributed by atoms with E-state index in [9.17, 15) is 8.42 Å². The van der Waals surface area contributed by atoms with Crippen LogP contribution < -0.4 is 14.8 Å². The number of ether oxygens (including phenoxy) is 2. The topological polar surface area (TPSA) is 90.4 Å². The fraction of sp³-hybridized carbons (Fsp3) is 0.130. The summed E-state index contributed by atoms with van der Waals surface area (Å²) in [5.74, 6) is 1.67. The minimum atomic E-state index is -3.44. The quantitative estimate of drug-likeness (QED) is 0.461. The summed E-state index contributed by atoms with van der Waals surface area (Å²) >= 11 is 0. The van der Waals surface area contributed by atoms with Crippen LogP contribution in [0.15, 0.2) is 78.0 Å². The first-order valence-electron chi connectivity index (χ1n) is 9.50. The molecule has 4 rings (SSSR count). The van der Waals surface area contributed by atoms with E-state index in [1.165, 1.54) is 6.33 Å². The second-order valence-electron chi connectivity index (χ2n) is 6.84. The molecule has 0 amide bonds.